The van der Waals surface area contributed by atoms with Crippen molar-refractivity contribution in [1.82, 2.24) is 9.62 Å². The molecule has 112 valence electrons. The van der Waals surface area contributed by atoms with E-state index in [0.29, 0.717) is 18.2 Å². The SMILES string of the molecule is CN(C)S(=O)(=O)c1ccc(C(C)(O)CNC2CC2)cc1. The Hall–Kier alpha value is -0.950. The Morgan fingerprint density at radius 1 is 1.30 bits per heavy atom. The zero-order chi connectivity index (χ0) is 15.0. The van der Waals surface area contributed by atoms with Crippen LogP contribution in [0.25, 0.3) is 0 Å². The molecule has 0 radical (unpaired) electrons. The van der Waals surface area contributed by atoms with E-state index in [-0.39, 0.29) is 4.90 Å². The molecule has 2 N–H and O–H groups in total. The van der Waals surface area contributed by atoms with Gasteiger partial charge in [0.25, 0.3) is 0 Å². The van der Waals surface area contributed by atoms with E-state index in [2.05, 4.69) is 5.32 Å². The van der Waals surface area contributed by atoms with Crippen LogP contribution in [-0.2, 0) is 15.6 Å². The van der Waals surface area contributed by atoms with Crippen LogP contribution in [0.15, 0.2) is 29.2 Å². The standard InChI is InChI=1S/C14H22N2O3S/c1-14(17,10-15-12-6-7-12)11-4-8-13(9-5-11)20(18,19)16(2)3/h4-5,8-9,12,15,17H,6-7,10H2,1-3H3. The molecule has 1 saturated carbocycles. The van der Waals surface area contributed by atoms with Gasteiger partial charge >= 0.3 is 0 Å². The third-order valence-electron chi connectivity index (χ3n) is 3.57. The molecule has 0 aliphatic heterocycles. The second-order valence-electron chi connectivity index (χ2n) is 5.74. The summed E-state index contributed by atoms with van der Waals surface area (Å²) in [5.41, 5.74) is -0.286. The number of hydrogen-bond acceptors (Lipinski definition) is 4. The number of aliphatic hydroxyl groups is 1. The van der Waals surface area contributed by atoms with Crippen LogP contribution in [0.1, 0.15) is 25.3 Å². The third-order valence-corrected chi connectivity index (χ3v) is 5.40. The zero-order valence-corrected chi connectivity index (χ0v) is 12.9. The lowest BCUT2D eigenvalue weighted by Crippen LogP contribution is -2.36. The third kappa shape index (κ3) is 3.38. The van der Waals surface area contributed by atoms with Gasteiger partial charge in [0.1, 0.15) is 0 Å². The largest absolute Gasteiger partial charge is 0.384 e. The minimum absolute atomic E-state index is 0.234. The highest BCUT2D eigenvalue weighted by molar-refractivity contribution is 7.89. The van der Waals surface area contributed by atoms with Crippen LogP contribution in [0.5, 0.6) is 0 Å². The summed E-state index contributed by atoms with van der Waals surface area (Å²) in [7, 11) is -0.421. The van der Waals surface area contributed by atoms with Crippen molar-refractivity contribution >= 4 is 10.0 Å². The highest BCUT2D eigenvalue weighted by Crippen LogP contribution is 2.25. The summed E-state index contributed by atoms with van der Waals surface area (Å²) in [6.07, 6.45) is 2.33. The number of hydrogen-bond donors (Lipinski definition) is 2. The molecule has 1 aliphatic rings. The molecule has 0 saturated heterocycles. The van der Waals surface area contributed by atoms with Gasteiger partial charge in [-0.15, -0.1) is 0 Å². The van der Waals surface area contributed by atoms with Crippen LogP contribution in [0, 0.1) is 0 Å². The summed E-state index contributed by atoms with van der Waals surface area (Å²) >= 11 is 0. The van der Waals surface area contributed by atoms with Crippen LogP contribution < -0.4 is 5.32 Å². The first-order chi connectivity index (χ1) is 9.23. The lowest BCUT2D eigenvalue weighted by Gasteiger charge is -2.24. The van der Waals surface area contributed by atoms with Crippen molar-refractivity contribution in [3.05, 3.63) is 29.8 Å². The van der Waals surface area contributed by atoms with Crippen molar-refractivity contribution in [2.45, 2.75) is 36.3 Å². The molecular weight excluding hydrogens is 276 g/mol. The van der Waals surface area contributed by atoms with E-state index in [1.54, 1.807) is 19.1 Å². The van der Waals surface area contributed by atoms with Crippen molar-refractivity contribution < 1.29 is 13.5 Å². The van der Waals surface area contributed by atoms with Crippen molar-refractivity contribution in [2.75, 3.05) is 20.6 Å². The Balaban J connectivity index is 2.14. The maximum atomic E-state index is 12.0. The fourth-order valence-corrected chi connectivity index (χ4v) is 2.83. The molecule has 1 aliphatic carbocycles. The minimum Gasteiger partial charge on any atom is -0.384 e. The van der Waals surface area contributed by atoms with Crippen LogP contribution >= 0.6 is 0 Å². The molecule has 5 nitrogen and oxygen atoms in total. The molecule has 0 spiro atoms. The average Bonchev–Trinajstić information content (AvgIpc) is 3.20. The molecule has 0 aromatic heterocycles. The van der Waals surface area contributed by atoms with Gasteiger partial charge in [-0.05, 0) is 37.5 Å². The van der Waals surface area contributed by atoms with E-state index in [0.717, 1.165) is 12.8 Å². The topological polar surface area (TPSA) is 69.6 Å². The van der Waals surface area contributed by atoms with Gasteiger partial charge in [-0.25, -0.2) is 12.7 Å². The Kier molecular flexibility index (Phi) is 4.20. The molecule has 0 heterocycles. The molecule has 1 unspecified atom stereocenters. The van der Waals surface area contributed by atoms with Crippen LogP contribution in [-0.4, -0.2) is 44.5 Å². The average molecular weight is 298 g/mol. The maximum Gasteiger partial charge on any atom is 0.242 e. The number of nitrogens with zero attached hydrogens (tertiary/aromatic N) is 1. The quantitative estimate of drug-likeness (QED) is 0.818. The van der Waals surface area contributed by atoms with Crippen molar-refractivity contribution in [3.63, 3.8) is 0 Å². The van der Waals surface area contributed by atoms with E-state index in [1.165, 1.54) is 30.5 Å². The highest BCUT2D eigenvalue weighted by atomic mass is 32.2. The molecule has 1 atom stereocenters. The maximum absolute atomic E-state index is 12.0. The summed E-state index contributed by atoms with van der Waals surface area (Å²) in [6, 6.07) is 6.94. The van der Waals surface area contributed by atoms with E-state index in [4.69, 9.17) is 0 Å². The molecule has 1 aromatic carbocycles. The Labute approximate surface area is 120 Å². The minimum atomic E-state index is -3.42. The monoisotopic (exact) mass is 298 g/mol. The number of rotatable bonds is 6. The summed E-state index contributed by atoms with van der Waals surface area (Å²) in [6.45, 7) is 2.20. The molecule has 0 bridgehead atoms. The van der Waals surface area contributed by atoms with Crippen LogP contribution in [0.4, 0.5) is 0 Å². The molecule has 1 aromatic rings. The van der Waals surface area contributed by atoms with Gasteiger partial charge < -0.3 is 10.4 Å². The molecular formula is C14H22N2O3S. The van der Waals surface area contributed by atoms with E-state index in [9.17, 15) is 13.5 Å². The lowest BCUT2D eigenvalue weighted by atomic mass is 9.96. The predicted molar refractivity (Wildman–Crippen MR) is 77.9 cm³/mol. The highest BCUT2D eigenvalue weighted by Gasteiger charge is 2.28. The lowest BCUT2D eigenvalue weighted by molar-refractivity contribution is 0.0565. The molecule has 1 fully saturated rings. The smallest absolute Gasteiger partial charge is 0.242 e. The van der Waals surface area contributed by atoms with Gasteiger partial charge in [0.15, 0.2) is 0 Å². The van der Waals surface area contributed by atoms with Crippen LogP contribution in [0.3, 0.4) is 0 Å². The van der Waals surface area contributed by atoms with E-state index in [1.807, 2.05) is 0 Å². The second kappa shape index (κ2) is 5.44. The fraction of sp³-hybridized carbons (Fsp3) is 0.571. The van der Waals surface area contributed by atoms with Gasteiger partial charge in [-0.2, -0.15) is 0 Å². The van der Waals surface area contributed by atoms with Gasteiger partial charge in [0.2, 0.25) is 10.0 Å². The number of sulfonamides is 1. The van der Waals surface area contributed by atoms with Gasteiger partial charge in [0.05, 0.1) is 10.5 Å². The normalized spacial score (nSPS) is 19.1. The van der Waals surface area contributed by atoms with Gasteiger partial charge in [0, 0.05) is 26.7 Å². The van der Waals surface area contributed by atoms with Gasteiger partial charge in [-0.1, -0.05) is 12.1 Å². The summed E-state index contributed by atoms with van der Waals surface area (Å²) < 4.78 is 25.1. The molecule has 20 heavy (non-hydrogen) atoms. The number of nitrogens with one attached hydrogen (secondary N) is 1. The van der Waals surface area contributed by atoms with E-state index >= 15 is 0 Å². The fourth-order valence-electron chi connectivity index (χ4n) is 1.93. The van der Waals surface area contributed by atoms with Crippen LogP contribution in [0.2, 0.25) is 0 Å². The van der Waals surface area contributed by atoms with Crippen molar-refractivity contribution in [3.8, 4) is 0 Å². The molecule has 2 rings (SSSR count). The summed E-state index contributed by atoms with van der Waals surface area (Å²) in [5, 5.41) is 13.7. The zero-order valence-electron chi connectivity index (χ0n) is 12.1. The first kappa shape index (κ1) is 15.4. The molecule has 0 amide bonds. The Morgan fingerprint density at radius 3 is 2.30 bits per heavy atom. The van der Waals surface area contributed by atoms with E-state index < -0.39 is 15.6 Å². The van der Waals surface area contributed by atoms with Crippen molar-refractivity contribution in [2.24, 2.45) is 0 Å². The van der Waals surface area contributed by atoms with Gasteiger partial charge in [-0.3, -0.25) is 0 Å². The summed E-state index contributed by atoms with van der Waals surface area (Å²) in [4.78, 5) is 0.234. The Bertz CT molecular complexity index is 561. The summed E-state index contributed by atoms with van der Waals surface area (Å²) in [5.74, 6) is 0. The predicted octanol–water partition coefficient (Wildman–Crippen LogP) is 0.896. The first-order valence-electron chi connectivity index (χ1n) is 6.72. The Morgan fingerprint density at radius 2 is 1.85 bits per heavy atom. The molecule has 6 heteroatoms. The first-order valence-corrected chi connectivity index (χ1v) is 8.16. The number of benzene rings is 1. The van der Waals surface area contributed by atoms with Crippen molar-refractivity contribution in [1.29, 1.82) is 0 Å². The second-order valence-corrected chi connectivity index (χ2v) is 7.89.